The van der Waals surface area contributed by atoms with Gasteiger partial charge in [-0.05, 0) is 0 Å². The highest BCUT2D eigenvalue weighted by atomic mass is 35.5. The van der Waals surface area contributed by atoms with E-state index in [4.69, 9.17) is 21.2 Å². The monoisotopic (exact) mass is 321 g/mol. The van der Waals surface area contributed by atoms with Crippen LogP contribution in [0.1, 0.15) is 17.7 Å². The molecule has 0 spiro atoms. The van der Waals surface area contributed by atoms with Gasteiger partial charge < -0.3 is 20.2 Å². The van der Waals surface area contributed by atoms with Crippen LogP contribution < -0.4 is 10.9 Å². The average Bonchev–Trinajstić information content (AvgIpc) is 3.03. The van der Waals surface area contributed by atoms with Gasteiger partial charge in [0, 0.05) is 16.8 Å². The van der Waals surface area contributed by atoms with Gasteiger partial charge in [0.05, 0.1) is 0 Å². The molecular weight excluding hydrogens is 310 g/mol. The second-order valence-electron chi connectivity index (χ2n) is 4.43. The van der Waals surface area contributed by atoms with Crippen LogP contribution in [0.2, 0.25) is 5.15 Å². The van der Waals surface area contributed by atoms with Gasteiger partial charge >= 0.3 is 0 Å². The van der Waals surface area contributed by atoms with E-state index in [1.807, 2.05) is 24.3 Å². The number of hydrogen-bond donors (Lipinski definition) is 4. The Hall–Kier alpha value is -2.26. The summed E-state index contributed by atoms with van der Waals surface area (Å²) in [6.45, 7) is -0.291. The SMILES string of the molecule is OCc1cc(C(O)NNc2nnc(Cl)c3ccccc23)no1. The molecule has 3 aromatic rings. The van der Waals surface area contributed by atoms with Crippen molar-refractivity contribution >= 4 is 28.2 Å². The fraction of sp³-hybridized carbons (Fsp3) is 0.154. The summed E-state index contributed by atoms with van der Waals surface area (Å²) in [5.74, 6) is 0.664. The van der Waals surface area contributed by atoms with Crippen LogP contribution in [0.15, 0.2) is 34.9 Å². The molecule has 0 fully saturated rings. The first-order chi connectivity index (χ1) is 10.7. The lowest BCUT2D eigenvalue weighted by Crippen LogP contribution is -2.28. The normalized spacial score (nSPS) is 12.5. The molecule has 0 saturated heterocycles. The van der Waals surface area contributed by atoms with Crippen LogP contribution >= 0.6 is 11.6 Å². The second-order valence-corrected chi connectivity index (χ2v) is 4.79. The van der Waals surface area contributed by atoms with E-state index in [1.54, 1.807) is 0 Å². The summed E-state index contributed by atoms with van der Waals surface area (Å²) in [6.07, 6.45) is -1.15. The fourth-order valence-corrected chi connectivity index (χ4v) is 2.11. The highest BCUT2D eigenvalue weighted by Gasteiger charge is 2.14. The molecule has 22 heavy (non-hydrogen) atoms. The molecular formula is C13H12ClN5O3. The summed E-state index contributed by atoms with van der Waals surface area (Å²) < 4.78 is 4.80. The van der Waals surface area contributed by atoms with E-state index in [0.717, 1.165) is 10.8 Å². The van der Waals surface area contributed by atoms with Gasteiger partial charge in [-0.3, -0.25) is 0 Å². The number of hydrogen-bond acceptors (Lipinski definition) is 8. The lowest BCUT2D eigenvalue weighted by Gasteiger charge is -2.13. The minimum Gasteiger partial charge on any atom is -0.388 e. The lowest BCUT2D eigenvalue weighted by molar-refractivity contribution is 0.138. The number of aliphatic hydroxyl groups is 2. The molecule has 1 unspecified atom stereocenters. The summed E-state index contributed by atoms with van der Waals surface area (Å²) >= 11 is 5.99. The van der Waals surface area contributed by atoms with Crippen molar-refractivity contribution < 1.29 is 14.7 Å². The molecule has 4 N–H and O–H groups in total. The number of hydrazine groups is 1. The Morgan fingerprint density at radius 3 is 2.73 bits per heavy atom. The molecule has 0 aliphatic carbocycles. The zero-order chi connectivity index (χ0) is 15.5. The molecule has 1 aromatic carbocycles. The van der Waals surface area contributed by atoms with Gasteiger partial charge in [0.1, 0.15) is 12.3 Å². The zero-order valence-electron chi connectivity index (χ0n) is 11.2. The molecule has 114 valence electrons. The largest absolute Gasteiger partial charge is 0.388 e. The first-order valence-corrected chi connectivity index (χ1v) is 6.73. The standard InChI is InChI=1S/C13H12ClN5O3/c14-11-8-3-1-2-4-9(8)12(16-15-11)17-18-13(21)10-5-7(6-20)22-19-10/h1-5,13,18,20-21H,6H2,(H,16,17). The van der Waals surface area contributed by atoms with Crippen LogP contribution in [-0.4, -0.2) is 25.6 Å². The second kappa shape index (κ2) is 6.24. The summed E-state index contributed by atoms with van der Waals surface area (Å²) in [4.78, 5) is 0. The molecule has 2 heterocycles. The Morgan fingerprint density at radius 1 is 1.23 bits per heavy atom. The zero-order valence-corrected chi connectivity index (χ0v) is 11.9. The van der Waals surface area contributed by atoms with Crippen LogP contribution in [0, 0.1) is 0 Å². The number of halogens is 1. The fourth-order valence-electron chi connectivity index (χ4n) is 1.91. The van der Waals surface area contributed by atoms with Gasteiger partial charge in [0.15, 0.2) is 23.0 Å². The number of benzene rings is 1. The summed E-state index contributed by atoms with van der Waals surface area (Å²) in [5.41, 5.74) is 5.61. The predicted octanol–water partition coefficient (Wildman–Crippen LogP) is 1.37. The highest BCUT2D eigenvalue weighted by Crippen LogP contribution is 2.25. The van der Waals surface area contributed by atoms with Crippen LogP contribution in [-0.2, 0) is 6.61 Å². The third kappa shape index (κ3) is 2.85. The predicted molar refractivity (Wildman–Crippen MR) is 78.7 cm³/mol. The summed E-state index contributed by atoms with van der Waals surface area (Å²) in [5, 5.41) is 32.1. The number of aromatic nitrogens is 3. The van der Waals surface area contributed by atoms with E-state index >= 15 is 0 Å². The van der Waals surface area contributed by atoms with Crippen LogP contribution in [0.25, 0.3) is 10.8 Å². The number of anilines is 1. The maximum absolute atomic E-state index is 9.97. The van der Waals surface area contributed by atoms with Crippen molar-refractivity contribution in [3.8, 4) is 0 Å². The van der Waals surface area contributed by atoms with Gasteiger partial charge in [-0.25, -0.2) is 5.43 Å². The number of nitrogens with zero attached hydrogens (tertiary/aromatic N) is 3. The number of nitrogens with one attached hydrogen (secondary N) is 2. The smallest absolute Gasteiger partial charge is 0.170 e. The quantitative estimate of drug-likeness (QED) is 0.411. The average molecular weight is 322 g/mol. The summed E-state index contributed by atoms with van der Waals surface area (Å²) in [6, 6.07) is 8.76. The van der Waals surface area contributed by atoms with Crippen molar-refractivity contribution in [3.05, 3.63) is 46.9 Å². The Kier molecular flexibility index (Phi) is 4.16. The van der Waals surface area contributed by atoms with E-state index in [-0.39, 0.29) is 18.1 Å². The lowest BCUT2D eigenvalue weighted by atomic mass is 10.2. The minimum atomic E-state index is -1.15. The number of aliphatic hydroxyl groups excluding tert-OH is 2. The van der Waals surface area contributed by atoms with Crippen LogP contribution in [0.3, 0.4) is 0 Å². The molecule has 0 aliphatic rings. The van der Waals surface area contributed by atoms with Gasteiger partial charge in [-0.15, -0.1) is 10.2 Å². The summed E-state index contributed by atoms with van der Waals surface area (Å²) in [7, 11) is 0. The molecule has 9 heteroatoms. The molecule has 3 rings (SSSR count). The topological polar surface area (TPSA) is 116 Å². The van der Waals surface area contributed by atoms with E-state index in [1.165, 1.54) is 6.07 Å². The molecule has 0 saturated carbocycles. The first kappa shape index (κ1) is 14.7. The van der Waals surface area contributed by atoms with Gasteiger partial charge in [0.2, 0.25) is 0 Å². The van der Waals surface area contributed by atoms with E-state index in [2.05, 4.69) is 26.2 Å². The molecule has 0 bridgehead atoms. The molecule has 2 aromatic heterocycles. The van der Waals surface area contributed by atoms with Gasteiger partial charge in [-0.1, -0.05) is 41.0 Å². The Balaban J connectivity index is 1.78. The number of rotatable bonds is 5. The Labute approximate surface area is 129 Å². The van der Waals surface area contributed by atoms with Crippen LogP contribution in [0.4, 0.5) is 5.82 Å². The maximum atomic E-state index is 9.97. The minimum absolute atomic E-state index is 0.225. The van der Waals surface area contributed by atoms with E-state index in [0.29, 0.717) is 11.0 Å². The van der Waals surface area contributed by atoms with E-state index < -0.39 is 6.23 Å². The van der Waals surface area contributed by atoms with Crippen molar-refractivity contribution in [2.24, 2.45) is 0 Å². The van der Waals surface area contributed by atoms with Crippen molar-refractivity contribution in [1.29, 1.82) is 0 Å². The Morgan fingerprint density at radius 2 is 2.00 bits per heavy atom. The van der Waals surface area contributed by atoms with Crippen molar-refractivity contribution in [1.82, 2.24) is 20.8 Å². The number of fused-ring (bicyclic) bond motifs is 1. The van der Waals surface area contributed by atoms with Gasteiger partial charge in [-0.2, -0.15) is 0 Å². The first-order valence-electron chi connectivity index (χ1n) is 6.36. The molecule has 0 aliphatic heterocycles. The van der Waals surface area contributed by atoms with Crippen molar-refractivity contribution in [2.75, 3.05) is 5.43 Å². The molecule has 0 radical (unpaired) electrons. The highest BCUT2D eigenvalue weighted by molar-refractivity contribution is 6.34. The molecule has 1 atom stereocenters. The molecule has 0 amide bonds. The van der Waals surface area contributed by atoms with Crippen molar-refractivity contribution in [2.45, 2.75) is 12.8 Å². The third-order valence-corrected chi connectivity index (χ3v) is 3.26. The molecule has 8 nitrogen and oxygen atoms in total. The Bertz CT molecular complexity index is 794. The van der Waals surface area contributed by atoms with Crippen LogP contribution in [0.5, 0.6) is 0 Å². The van der Waals surface area contributed by atoms with Crippen molar-refractivity contribution in [3.63, 3.8) is 0 Å². The third-order valence-electron chi connectivity index (χ3n) is 2.98. The maximum Gasteiger partial charge on any atom is 0.170 e. The van der Waals surface area contributed by atoms with Gasteiger partial charge in [0.25, 0.3) is 0 Å². The van der Waals surface area contributed by atoms with E-state index in [9.17, 15) is 5.11 Å².